The molecule has 3 heterocycles. The third-order valence-electron chi connectivity index (χ3n) is 8.64. The van der Waals surface area contributed by atoms with E-state index in [4.69, 9.17) is 0 Å². The Morgan fingerprint density at radius 2 is 1.93 bits per heavy atom. The Balaban J connectivity index is 1.36. The van der Waals surface area contributed by atoms with Gasteiger partial charge in [0.15, 0.2) is 0 Å². The van der Waals surface area contributed by atoms with E-state index in [1.807, 2.05) is 30.7 Å². The molecule has 2 fully saturated rings. The first kappa shape index (κ1) is 28.7. The van der Waals surface area contributed by atoms with Gasteiger partial charge in [0.25, 0.3) is 5.91 Å². The van der Waals surface area contributed by atoms with Gasteiger partial charge >= 0.3 is 0 Å². The van der Waals surface area contributed by atoms with Crippen LogP contribution in [-0.4, -0.2) is 78.7 Å². The first-order chi connectivity index (χ1) is 19.0. The van der Waals surface area contributed by atoms with Crippen LogP contribution < -0.4 is 4.72 Å². The highest BCUT2D eigenvalue weighted by Gasteiger charge is 2.31. The molecule has 8 nitrogen and oxygen atoms in total. The summed E-state index contributed by atoms with van der Waals surface area (Å²) in [6.45, 7) is 6.88. The van der Waals surface area contributed by atoms with Crippen LogP contribution in [0.2, 0.25) is 0 Å². The van der Waals surface area contributed by atoms with Crippen LogP contribution in [0.15, 0.2) is 42.9 Å². The van der Waals surface area contributed by atoms with Gasteiger partial charge in [-0.05, 0) is 94.2 Å². The third kappa shape index (κ3) is 6.24. The molecule has 0 bridgehead atoms. The van der Waals surface area contributed by atoms with Crippen LogP contribution >= 0.6 is 0 Å². The van der Waals surface area contributed by atoms with Gasteiger partial charge < -0.3 is 14.4 Å². The van der Waals surface area contributed by atoms with Crippen molar-refractivity contribution < 1.29 is 17.6 Å². The number of hydrogen-bond donors (Lipinski definition) is 1. The van der Waals surface area contributed by atoms with Gasteiger partial charge in [-0.3, -0.25) is 9.78 Å². The smallest absolute Gasteiger partial charge is 0.256 e. The quantitative estimate of drug-likeness (QED) is 0.430. The lowest BCUT2D eigenvalue weighted by atomic mass is 9.86. The van der Waals surface area contributed by atoms with Crippen LogP contribution in [0.5, 0.6) is 0 Å². The molecule has 1 aromatic carbocycles. The topological polar surface area (TPSA) is 87.5 Å². The van der Waals surface area contributed by atoms with Gasteiger partial charge in [0.05, 0.1) is 29.2 Å². The van der Waals surface area contributed by atoms with Crippen molar-refractivity contribution in [2.24, 2.45) is 5.92 Å². The van der Waals surface area contributed by atoms with E-state index in [9.17, 15) is 17.6 Å². The second kappa shape index (κ2) is 11.6. The Kier molecular flexibility index (Phi) is 8.31. The second-order valence-corrected chi connectivity index (χ2v) is 13.7. The number of halogens is 1. The molecule has 5 rings (SSSR count). The number of amides is 1. The lowest BCUT2D eigenvalue weighted by Crippen LogP contribution is -2.39. The zero-order valence-electron chi connectivity index (χ0n) is 23.8. The summed E-state index contributed by atoms with van der Waals surface area (Å²) in [5.74, 6) is 0.261. The molecule has 216 valence electrons. The fourth-order valence-electron chi connectivity index (χ4n) is 6.32. The summed E-state index contributed by atoms with van der Waals surface area (Å²) in [5.41, 5.74) is 3.11. The van der Waals surface area contributed by atoms with Gasteiger partial charge in [-0.25, -0.2) is 17.5 Å². The molecule has 1 N–H and O–H groups in total. The standard InChI is InChI=1S/C30H40FN5O3S/c1-20(2)34(3)30(37)26-15-23(31)7-10-28(26)36-19-27(25-11-13-32-16-29(25)36)22-12-14-35(18-22)17-21-5-8-24(9-6-21)33-40(4,38)39/h7,10-11,13,15-16,19-22,24,33H,5-6,8-9,12,14,17-18H2,1-4H3/t21-,22?,24-. The average Bonchev–Trinajstić information content (AvgIpc) is 3.53. The van der Waals surface area contributed by atoms with Gasteiger partial charge in [0, 0.05) is 50.0 Å². The average molecular weight is 570 g/mol. The Bertz CT molecular complexity index is 1480. The number of nitrogens with one attached hydrogen (secondary N) is 1. The number of sulfonamides is 1. The maximum atomic E-state index is 14.4. The van der Waals surface area contributed by atoms with Crippen molar-refractivity contribution in [3.63, 3.8) is 0 Å². The minimum atomic E-state index is -3.16. The molecular weight excluding hydrogens is 529 g/mol. The maximum Gasteiger partial charge on any atom is 0.256 e. The fourth-order valence-corrected chi connectivity index (χ4v) is 7.16. The molecule has 40 heavy (non-hydrogen) atoms. The summed E-state index contributed by atoms with van der Waals surface area (Å²) in [7, 11) is -1.42. The lowest BCUT2D eigenvalue weighted by molar-refractivity contribution is 0.0754. The Hall–Kier alpha value is -2.82. The van der Waals surface area contributed by atoms with Crippen molar-refractivity contribution >= 4 is 26.8 Å². The van der Waals surface area contributed by atoms with Crippen molar-refractivity contribution in [1.29, 1.82) is 0 Å². The van der Waals surface area contributed by atoms with Gasteiger partial charge in [-0.2, -0.15) is 0 Å². The normalized spacial score (nSPS) is 22.3. The number of benzene rings is 1. The summed E-state index contributed by atoms with van der Waals surface area (Å²) in [6.07, 6.45) is 11.8. The summed E-state index contributed by atoms with van der Waals surface area (Å²) in [4.78, 5) is 21.9. The molecule has 1 saturated heterocycles. The van der Waals surface area contributed by atoms with E-state index in [1.165, 1.54) is 24.0 Å². The predicted molar refractivity (Wildman–Crippen MR) is 156 cm³/mol. The van der Waals surface area contributed by atoms with E-state index >= 15 is 0 Å². The minimum absolute atomic E-state index is 0.0160. The highest BCUT2D eigenvalue weighted by molar-refractivity contribution is 7.88. The molecule has 10 heteroatoms. The van der Waals surface area contributed by atoms with Crippen LogP contribution in [0.3, 0.4) is 0 Å². The Labute approximate surface area is 236 Å². The van der Waals surface area contributed by atoms with E-state index in [1.54, 1.807) is 24.2 Å². The molecule has 2 aromatic heterocycles. The first-order valence-electron chi connectivity index (χ1n) is 14.2. The molecule has 0 radical (unpaired) electrons. The molecule has 1 saturated carbocycles. The predicted octanol–water partition coefficient (Wildman–Crippen LogP) is 4.54. The lowest BCUT2D eigenvalue weighted by Gasteiger charge is -2.31. The Morgan fingerprint density at radius 1 is 1.18 bits per heavy atom. The number of carbonyl (C=O) groups is 1. The maximum absolute atomic E-state index is 14.4. The Morgan fingerprint density at radius 3 is 2.62 bits per heavy atom. The van der Waals surface area contributed by atoms with Crippen LogP contribution in [-0.2, 0) is 10.0 Å². The molecule has 1 unspecified atom stereocenters. The third-order valence-corrected chi connectivity index (χ3v) is 9.40. The van der Waals surface area contributed by atoms with Crippen molar-refractivity contribution in [1.82, 2.24) is 24.1 Å². The summed E-state index contributed by atoms with van der Waals surface area (Å²) in [6, 6.07) is 6.49. The number of aromatic nitrogens is 2. The molecular formula is C30H40FN5O3S. The summed E-state index contributed by atoms with van der Waals surface area (Å²) >= 11 is 0. The number of carbonyl (C=O) groups excluding carboxylic acids is 1. The van der Waals surface area contributed by atoms with Crippen molar-refractivity contribution in [3.05, 3.63) is 59.8 Å². The highest BCUT2D eigenvalue weighted by atomic mass is 32.2. The first-order valence-corrected chi connectivity index (χ1v) is 16.1. The summed E-state index contributed by atoms with van der Waals surface area (Å²) < 4.78 is 42.3. The van der Waals surface area contributed by atoms with E-state index in [2.05, 4.69) is 20.8 Å². The SMILES string of the molecule is CC(C)N(C)C(=O)c1cc(F)ccc1-n1cc(C2CCN(C[C@H]3CC[C@H](NS(C)(=O)=O)CC3)C2)c2ccncc21. The number of fused-ring (bicyclic) bond motifs is 1. The van der Waals surface area contributed by atoms with Crippen molar-refractivity contribution in [2.45, 2.75) is 64.0 Å². The number of hydrogen-bond acceptors (Lipinski definition) is 5. The van der Waals surface area contributed by atoms with Gasteiger partial charge in [-0.15, -0.1) is 0 Å². The largest absolute Gasteiger partial charge is 0.339 e. The van der Waals surface area contributed by atoms with Crippen LogP contribution in [0.1, 0.15) is 67.8 Å². The molecule has 1 amide bonds. The number of likely N-dealkylation sites (tertiary alicyclic amines) is 1. The van der Waals surface area contributed by atoms with Gasteiger partial charge in [-0.1, -0.05) is 0 Å². The molecule has 3 aromatic rings. The number of rotatable bonds is 8. The van der Waals surface area contributed by atoms with E-state index in [-0.39, 0.29) is 18.0 Å². The minimum Gasteiger partial charge on any atom is -0.339 e. The summed E-state index contributed by atoms with van der Waals surface area (Å²) in [5, 5.41) is 1.11. The molecule has 1 aliphatic heterocycles. The molecule has 1 atom stereocenters. The number of nitrogens with zero attached hydrogens (tertiary/aromatic N) is 4. The highest BCUT2D eigenvalue weighted by Crippen LogP contribution is 2.37. The van der Waals surface area contributed by atoms with Crippen LogP contribution in [0.25, 0.3) is 16.6 Å². The van der Waals surface area contributed by atoms with E-state index in [0.717, 1.165) is 62.6 Å². The monoisotopic (exact) mass is 569 g/mol. The fraction of sp³-hybridized carbons (Fsp3) is 0.533. The molecule has 2 aliphatic rings. The zero-order chi connectivity index (χ0) is 28.6. The molecule has 1 aliphatic carbocycles. The van der Waals surface area contributed by atoms with E-state index < -0.39 is 15.8 Å². The molecule has 0 spiro atoms. The van der Waals surface area contributed by atoms with Crippen LogP contribution in [0.4, 0.5) is 4.39 Å². The van der Waals surface area contributed by atoms with Gasteiger partial charge in [0.1, 0.15) is 5.82 Å². The van der Waals surface area contributed by atoms with Gasteiger partial charge in [0.2, 0.25) is 10.0 Å². The van der Waals surface area contributed by atoms with E-state index in [0.29, 0.717) is 23.1 Å². The number of pyridine rings is 1. The van der Waals surface area contributed by atoms with Crippen molar-refractivity contribution in [3.8, 4) is 5.69 Å². The van der Waals surface area contributed by atoms with Crippen molar-refractivity contribution in [2.75, 3.05) is 32.9 Å². The second-order valence-electron chi connectivity index (χ2n) is 11.9. The van der Waals surface area contributed by atoms with Crippen LogP contribution in [0, 0.1) is 11.7 Å². The zero-order valence-corrected chi connectivity index (χ0v) is 24.6.